The minimum Gasteiger partial charge on any atom is -0.497 e. The predicted octanol–water partition coefficient (Wildman–Crippen LogP) is 4.33. The number of nitrogens with zero attached hydrogens (tertiary/aromatic N) is 3. The molecule has 3 aromatic rings. The van der Waals surface area contributed by atoms with Crippen molar-refractivity contribution in [1.82, 2.24) is 9.88 Å². The second-order valence-corrected chi connectivity index (χ2v) is 7.38. The van der Waals surface area contributed by atoms with E-state index in [9.17, 15) is 4.79 Å². The molecule has 0 atom stereocenters. The average molecular weight is 418 g/mol. The first-order valence-electron chi connectivity index (χ1n) is 8.71. The molecule has 0 bridgehead atoms. The number of carbonyl (C=O) groups is 1. The van der Waals surface area contributed by atoms with E-state index in [0.717, 1.165) is 28.1 Å². The van der Waals surface area contributed by atoms with E-state index in [-0.39, 0.29) is 18.3 Å². The molecular weight excluding hydrogens is 394 g/mol. The first-order chi connectivity index (χ1) is 13.1. The Bertz CT molecular complexity index is 941. The van der Waals surface area contributed by atoms with E-state index >= 15 is 0 Å². The number of thiazole rings is 1. The molecule has 5 nitrogen and oxygen atoms in total. The van der Waals surface area contributed by atoms with Crippen LogP contribution in [0.4, 0.5) is 5.13 Å². The summed E-state index contributed by atoms with van der Waals surface area (Å²) < 4.78 is 6.30. The summed E-state index contributed by atoms with van der Waals surface area (Å²) in [6, 6.07) is 15.6. The molecule has 1 heterocycles. The van der Waals surface area contributed by atoms with Crippen molar-refractivity contribution in [1.29, 1.82) is 0 Å². The molecule has 0 aliphatic rings. The van der Waals surface area contributed by atoms with Crippen LogP contribution in [0.2, 0.25) is 0 Å². The van der Waals surface area contributed by atoms with Crippen LogP contribution in [0, 0.1) is 0 Å². The molecule has 148 valence electrons. The van der Waals surface area contributed by atoms with Gasteiger partial charge in [0.15, 0.2) is 5.13 Å². The summed E-state index contributed by atoms with van der Waals surface area (Å²) in [6.45, 7) is 1.33. The van der Waals surface area contributed by atoms with Gasteiger partial charge < -0.3 is 9.64 Å². The first-order valence-corrected chi connectivity index (χ1v) is 9.52. The van der Waals surface area contributed by atoms with Gasteiger partial charge in [-0.1, -0.05) is 41.7 Å². The molecule has 0 saturated carbocycles. The summed E-state index contributed by atoms with van der Waals surface area (Å²) in [5, 5.41) is 0.697. The number of hydrogen-bond acceptors (Lipinski definition) is 5. The average Bonchev–Trinajstić information content (AvgIpc) is 3.09. The zero-order chi connectivity index (χ0) is 19.2. The van der Waals surface area contributed by atoms with Gasteiger partial charge >= 0.3 is 0 Å². The third kappa shape index (κ3) is 5.55. The van der Waals surface area contributed by atoms with Crippen LogP contribution >= 0.6 is 23.7 Å². The molecule has 0 fully saturated rings. The van der Waals surface area contributed by atoms with Crippen LogP contribution in [-0.4, -0.2) is 50.1 Å². The standard InChI is InChI=1S/C21H23N3O2S.ClH/c1-23(2)13-14-24(20(25)12-9-16-7-5-4-6-8-16)21-22-18-15-17(26-3)10-11-19(18)27-21;/h4-12,15H,13-14H2,1-3H3;1H. The number of anilines is 1. The van der Waals surface area contributed by atoms with E-state index in [0.29, 0.717) is 11.7 Å². The maximum atomic E-state index is 12.9. The van der Waals surface area contributed by atoms with E-state index in [1.807, 2.05) is 68.7 Å². The Morgan fingerprint density at radius 2 is 1.89 bits per heavy atom. The summed E-state index contributed by atoms with van der Waals surface area (Å²) in [5.74, 6) is 0.682. The van der Waals surface area contributed by atoms with Crippen LogP contribution in [0.3, 0.4) is 0 Å². The Hall–Kier alpha value is -2.41. The highest BCUT2D eigenvalue weighted by Gasteiger charge is 2.18. The van der Waals surface area contributed by atoms with E-state index in [2.05, 4.69) is 9.88 Å². The summed E-state index contributed by atoms with van der Waals surface area (Å²) in [7, 11) is 5.62. The molecule has 0 radical (unpaired) electrons. The number of likely N-dealkylation sites (N-methyl/N-ethyl adjacent to an activating group) is 1. The Kier molecular flexibility index (Phi) is 7.99. The molecular formula is C21H24ClN3O2S. The number of halogens is 1. The quantitative estimate of drug-likeness (QED) is 0.536. The minimum atomic E-state index is -0.0771. The monoisotopic (exact) mass is 417 g/mol. The lowest BCUT2D eigenvalue weighted by atomic mass is 10.2. The molecule has 0 unspecified atom stereocenters. The Balaban J connectivity index is 0.00000280. The molecule has 3 rings (SSSR count). The topological polar surface area (TPSA) is 45.7 Å². The van der Waals surface area contributed by atoms with Crippen molar-refractivity contribution in [3.8, 4) is 5.75 Å². The number of rotatable bonds is 7. The summed E-state index contributed by atoms with van der Waals surface area (Å²) in [6.07, 6.45) is 3.44. The van der Waals surface area contributed by atoms with Crippen molar-refractivity contribution in [3.05, 3.63) is 60.2 Å². The summed E-state index contributed by atoms with van der Waals surface area (Å²) in [4.78, 5) is 21.3. The predicted molar refractivity (Wildman–Crippen MR) is 120 cm³/mol. The van der Waals surface area contributed by atoms with Gasteiger partial charge in [0.05, 0.1) is 17.3 Å². The molecule has 0 N–H and O–H groups in total. The highest BCUT2D eigenvalue weighted by atomic mass is 35.5. The molecule has 28 heavy (non-hydrogen) atoms. The molecule has 0 spiro atoms. The Morgan fingerprint density at radius 3 is 2.57 bits per heavy atom. The number of ether oxygens (including phenoxy) is 1. The summed E-state index contributed by atoms with van der Waals surface area (Å²) >= 11 is 1.51. The van der Waals surface area contributed by atoms with Crippen molar-refractivity contribution < 1.29 is 9.53 Å². The highest BCUT2D eigenvalue weighted by Crippen LogP contribution is 2.31. The van der Waals surface area contributed by atoms with Gasteiger partial charge in [-0.3, -0.25) is 9.69 Å². The Morgan fingerprint density at radius 1 is 1.14 bits per heavy atom. The van der Waals surface area contributed by atoms with Gasteiger partial charge in [-0.2, -0.15) is 0 Å². The van der Waals surface area contributed by atoms with Gasteiger partial charge in [0, 0.05) is 25.2 Å². The number of amides is 1. The van der Waals surface area contributed by atoms with E-state index in [1.54, 1.807) is 18.1 Å². The molecule has 0 saturated heterocycles. The van der Waals surface area contributed by atoms with Crippen molar-refractivity contribution in [2.24, 2.45) is 0 Å². The molecule has 1 amide bonds. The smallest absolute Gasteiger partial charge is 0.252 e. The van der Waals surface area contributed by atoms with Crippen LogP contribution < -0.4 is 9.64 Å². The van der Waals surface area contributed by atoms with Crippen LogP contribution in [0.1, 0.15) is 5.56 Å². The van der Waals surface area contributed by atoms with Gasteiger partial charge in [0.1, 0.15) is 5.75 Å². The Labute approximate surface area is 175 Å². The molecule has 7 heteroatoms. The van der Waals surface area contributed by atoms with Crippen molar-refractivity contribution >= 4 is 51.1 Å². The maximum Gasteiger partial charge on any atom is 0.252 e. The van der Waals surface area contributed by atoms with Crippen LogP contribution in [0.5, 0.6) is 5.75 Å². The maximum absolute atomic E-state index is 12.9. The normalized spacial score (nSPS) is 11.0. The van der Waals surface area contributed by atoms with E-state index < -0.39 is 0 Å². The second-order valence-electron chi connectivity index (χ2n) is 6.37. The zero-order valence-corrected chi connectivity index (χ0v) is 17.8. The van der Waals surface area contributed by atoms with Crippen molar-refractivity contribution in [2.75, 3.05) is 39.2 Å². The molecule has 2 aromatic carbocycles. The largest absolute Gasteiger partial charge is 0.497 e. The number of hydrogen-bond donors (Lipinski definition) is 0. The third-order valence-electron chi connectivity index (χ3n) is 4.07. The van der Waals surface area contributed by atoms with Gasteiger partial charge in [0.2, 0.25) is 0 Å². The fourth-order valence-corrected chi connectivity index (χ4v) is 3.54. The number of aromatic nitrogens is 1. The molecule has 1 aromatic heterocycles. The second kappa shape index (κ2) is 10.2. The lowest BCUT2D eigenvalue weighted by Crippen LogP contribution is -2.35. The molecule has 0 aliphatic carbocycles. The first kappa shape index (κ1) is 21.9. The van der Waals surface area contributed by atoms with E-state index in [1.165, 1.54) is 11.3 Å². The van der Waals surface area contributed by atoms with E-state index in [4.69, 9.17) is 4.74 Å². The third-order valence-corrected chi connectivity index (χ3v) is 5.13. The number of methoxy groups -OCH3 is 1. The fourth-order valence-electron chi connectivity index (χ4n) is 2.56. The van der Waals surface area contributed by atoms with Crippen molar-refractivity contribution in [2.45, 2.75) is 0 Å². The fraction of sp³-hybridized carbons (Fsp3) is 0.238. The van der Waals surface area contributed by atoms with Gasteiger partial charge in [0.25, 0.3) is 5.91 Å². The lowest BCUT2D eigenvalue weighted by Gasteiger charge is -2.20. The lowest BCUT2D eigenvalue weighted by molar-refractivity contribution is -0.114. The summed E-state index contributed by atoms with van der Waals surface area (Å²) in [5.41, 5.74) is 1.83. The number of fused-ring (bicyclic) bond motifs is 1. The minimum absolute atomic E-state index is 0. The number of carbonyl (C=O) groups excluding carboxylic acids is 1. The van der Waals surface area contributed by atoms with Gasteiger partial charge in [-0.05, 0) is 37.9 Å². The SMILES string of the molecule is COc1ccc2sc(N(CCN(C)C)C(=O)C=Cc3ccccc3)nc2c1.Cl. The highest BCUT2D eigenvalue weighted by molar-refractivity contribution is 7.22. The van der Waals surface area contributed by atoms with Gasteiger partial charge in [-0.15, -0.1) is 12.4 Å². The van der Waals surface area contributed by atoms with Crippen molar-refractivity contribution in [3.63, 3.8) is 0 Å². The zero-order valence-electron chi connectivity index (χ0n) is 16.2. The van der Waals surface area contributed by atoms with Crippen LogP contribution in [0.15, 0.2) is 54.6 Å². The molecule has 0 aliphatic heterocycles. The van der Waals surface area contributed by atoms with Gasteiger partial charge in [-0.25, -0.2) is 4.98 Å². The van der Waals surface area contributed by atoms with Crippen LogP contribution in [0.25, 0.3) is 16.3 Å². The van der Waals surface area contributed by atoms with Crippen LogP contribution in [-0.2, 0) is 4.79 Å². The number of benzene rings is 2.